The quantitative estimate of drug-likeness (QED) is 0.439. The lowest BCUT2D eigenvalue weighted by Crippen LogP contribution is -2.31. The summed E-state index contributed by atoms with van der Waals surface area (Å²) in [4.78, 5) is 2.51. The van der Waals surface area contributed by atoms with Gasteiger partial charge >= 0.3 is 0 Å². The standard InChI is InChI=1S/C14H29N.C2HN3/c1-3-4-5-6-7-8-10-14-11-9-12-15(2)13-14;3-1-5-2-4/h14H,3-13H2,1-2H3;5H. The molecule has 1 unspecified atom stereocenters. The summed E-state index contributed by atoms with van der Waals surface area (Å²) >= 11 is 0. The Balaban J connectivity index is 0.000000621. The fourth-order valence-electron chi connectivity index (χ4n) is 2.75. The Hall–Kier alpha value is -1.26. The van der Waals surface area contributed by atoms with Crippen LogP contribution in [0.5, 0.6) is 0 Å². The molecular weight excluding hydrogens is 248 g/mol. The van der Waals surface area contributed by atoms with E-state index in [0.717, 1.165) is 5.92 Å². The summed E-state index contributed by atoms with van der Waals surface area (Å²) in [5.41, 5.74) is 0. The van der Waals surface area contributed by atoms with Crippen LogP contribution in [0.2, 0.25) is 0 Å². The van der Waals surface area contributed by atoms with Gasteiger partial charge in [0, 0.05) is 6.54 Å². The molecule has 4 nitrogen and oxygen atoms in total. The predicted octanol–water partition coefficient (Wildman–Crippen LogP) is 3.62. The van der Waals surface area contributed by atoms with Gasteiger partial charge in [-0.1, -0.05) is 45.4 Å². The molecule has 0 saturated carbocycles. The van der Waals surface area contributed by atoms with Gasteiger partial charge in [-0.2, -0.15) is 10.5 Å². The van der Waals surface area contributed by atoms with E-state index in [2.05, 4.69) is 18.9 Å². The molecule has 0 spiro atoms. The van der Waals surface area contributed by atoms with Crippen LogP contribution in [0.3, 0.4) is 0 Å². The smallest absolute Gasteiger partial charge is 0.190 e. The Morgan fingerprint density at radius 3 is 2.30 bits per heavy atom. The Morgan fingerprint density at radius 1 is 1.10 bits per heavy atom. The Labute approximate surface area is 124 Å². The van der Waals surface area contributed by atoms with E-state index in [0.29, 0.717) is 0 Å². The lowest BCUT2D eigenvalue weighted by molar-refractivity contribution is 0.199. The van der Waals surface area contributed by atoms with Crippen LogP contribution < -0.4 is 5.32 Å². The minimum atomic E-state index is 1.01. The average Bonchev–Trinajstić information content (AvgIpc) is 2.44. The normalized spacial score (nSPS) is 18.3. The molecular formula is C16H30N4. The Kier molecular flexibility index (Phi) is 13.3. The van der Waals surface area contributed by atoms with Gasteiger partial charge in [0.05, 0.1) is 0 Å². The molecule has 1 N–H and O–H groups in total. The minimum Gasteiger partial charge on any atom is -0.306 e. The van der Waals surface area contributed by atoms with Gasteiger partial charge < -0.3 is 4.90 Å². The van der Waals surface area contributed by atoms with E-state index in [9.17, 15) is 0 Å². The third-order valence-electron chi connectivity index (χ3n) is 3.80. The van der Waals surface area contributed by atoms with Crippen LogP contribution in [0, 0.1) is 28.8 Å². The number of nitrogens with one attached hydrogen (secondary N) is 1. The van der Waals surface area contributed by atoms with E-state index < -0.39 is 0 Å². The summed E-state index contributed by atoms with van der Waals surface area (Å²) in [5, 5.41) is 16.7. The summed E-state index contributed by atoms with van der Waals surface area (Å²) < 4.78 is 0. The van der Waals surface area contributed by atoms with E-state index in [1.807, 2.05) is 0 Å². The second kappa shape index (κ2) is 14.2. The molecule has 1 fully saturated rings. The first-order valence-electron chi connectivity index (χ1n) is 7.96. The van der Waals surface area contributed by atoms with Crippen LogP contribution in [0.15, 0.2) is 0 Å². The molecule has 20 heavy (non-hydrogen) atoms. The van der Waals surface area contributed by atoms with Crippen LogP contribution in [0.1, 0.15) is 64.7 Å². The number of piperidine rings is 1. The van der Waals surface area contributed by atoms with Gasteiger partial charge in [-0.05, 0) is 38.8 Å². The fraction of sp³-hybridized carbons (Fsp3) is 0.875. The first kappa shape index (κ1) is 18.7. The second-order valence-electron chi connectivity index (χ2n) is 5.68. The zero-order chi connectivity index (χ0) is 15.1. The van der Waals surface area contributed by atoms with Crippen molar-refractivity contribution >= 4 is 0 Å². The van der Waals surface area contributed by atoms with Crippen molar-refractivity contribution in [3.63, 3.8) is 0 Å². The van der Waals surface area contributed by atoms with Gasteiger partial charge in [-0.25, -0.2) is 5.32 Å². The zero-order valence-corrected chi connectivity index (χ0v) is 13.2. The van der Waals surface area contributed by atoms with Gasteiger partial charge in [0.15, 0.2) is 12.4 Å². The summed E-state index contributed by atoms with van der Waals surface area (Å²) in [5.74, 6) is 1.01. The molecule has 4 heteroatoms. The van der Waals surface area contributed by atoms with Gasteiger partial charge in [0.25, 0.3) is 0 Å². The van der Waals surface area contributed by atoms with Crippen molar-refractivity contribution < 1.29 is 0 Å². The maximum Gasteiger partial charge on any atom is 0.190 e. The van der Waals surface area contributed by atoms with E-state index >= 15 is 0 Å². The van der Waals surface area contributed by atoms with Gasteiger partial charge in [-0.3, -0.25) is 0 Å². The molecule has 1 atom stereocenters. The van der Waals surface area contributed by atoms with Crippen molar-refractivity contribution in [2.75, 3.05) is 20.1 Å². The van der Waals surface area contributed by atoms with E-state index in [-0.39, 0.29) is 0 Å². The predicted molar refractivity (Wildman–Crippen MR) is 82.6 cm³/mol. The highest BCUT2D eigenvalue weighted by Crippen LogP contribution is 2.21. The van der Waals surface area contributed by atoms with Crippen molar-refractivity contribution in [3.8, 4) is 12.4 Å². The molecule has 0 amide bonds. The van der Waals surface area contributed by atoms with Gasteiger partial charge in [-0.15, -0.1) is 0 Å². The van der Waals surface area contributed by atoms with Crippen LogP contribution in [0.25, 0.3) is 0 Å². The van der Waals surface area contributed by atoms with E-state index in [4.69, 9.17) is 10.5 Å². The van der Waals surface area contributed by atoms with Crippen LogP contribution in [-0.4, -0.2) is 25.0 Å². The second-order valence-corrected chi connectivity index (χ2v) is 5.68. The summed E-state index contributed by atoms with van der Waals surface area (Å²) in [7, 11) is 2.27. The van der Waals surface area contributed by atoms with Crippen molar-refractivity contribution in [2.24, 2.45) is 5.92 Å². The van der Waals surface area contributed by atoms with Gasteiger partial charge in [0.2, 0.25) is 0 Å². The largest absolute Gasteiger partial charge is 0.306 e. The van der Waals surface area contributed by atoms with Crippen LogP contribution in [-0.2, 0) is 0 Å². The monoisotopic (exact) mass is 278 g/mol. The molecule has 0 aromatic heterocycles. The van der Waals surface area contributed by atoms with Crippen molar-refractivity contribution in [1.29, 1.82) is 10.5 Å². The molecule has 1 heterocycles. The Morgan fingerprint density at radius 2 is 1.75 bits per heavy atom. The topological polar surface area (TPSA) is 62.9 Å². The number of hydrogen-bond acceptors (Lipinski definition) is 4. The number of hydrogen-bond donors (Lipinski definition) is 1. The molecule has 114 valence electrons. The molecule has 0 aromatic carbocycles. The first-order valence-corrected chi connectivity index (χ1v) is 7.96. The molecule has 0 aliphatic carbocycles. The highest BCUT2D eigenvalue weighted by atomic mass is 15.1. The average molecular weight is 278 g/mol. The van der Waals surface area contributed by atoms with E-state index in [1.54, 1.807) is 5.32 Å². The highest BCUT2D eigenvalue weighted by molar-refractivity contribution is 4.77. The molecule has 1 aliphatic heterocycles. The summed E-state index contributed by atoms with van der Waals surface area (Å²) in [6.45, 7) is 4.97. The molecule has 0 bridgehead atoms. The van der Waals surface area contributed by atoms with Crippen molar-refractivity contribution in [2.45, 2.75) is 64.7 Å². The fourth-order valence-corrected chi connectivity index (χ4v) is 2.75. The van der Waals surface area contributed by atoms with Crippen molar-refractivity contribution in [1.82, 2.24) is 10.2 Å². The third-order valence-corrected chi connectivity index (χ3v) is 3.80. The third kappa shape index (κ3) is 11.8. The highest BCUT2D eigenvalue weighted by Gasteiger charge is 2.16. The molecule has 0 aromatic rings. The first-order chi connectivity index (χ1) is 9.74. The number of likely N-dealkylation sites (tertiary alicyclic amines) is 1. The summed E-state index contributed by atoms with van der Waals surface area (Å²) in [6, 6.07) is 0. The Bertz CT molecular complexity index is 278. The van der Waals surface area contributed by atoms with Gasteiger partial charge in [0.1, 0.15) is 0 Å². The molecule has 1 rings (SSSR count). The SMILES string of the molecule is CCCCCCCCC1CCCN(C)C1.N#CNC#N. The number of nitriles is 2. The number of nitrogens with zero attached hydrogens (tertiary/aromatic N) is 3. The van der Waals surface area contributed by atoms with Crippen molar-refractivity contribution in [3.05, 3.63) is 0 Å². The zero-order valence-electron chi connectivity index (χ0n) is 13.2. The number of rotatable bonds is 7. The lowest BCUT2D eigenvalue weighted by atomic mass is 9.92. The molecule has 1 aliphatic rings. The lowest BCUT2D eigenvalue weighted by Gasteiger charge is -2.29. The van der Waals surface area contributed by atoms with Crippen LogP contribution >= 0.6 is 0 Å². The molecule has 1 saturated heterocycles. The molecule has 0 radical (unpaired) electrons. The number of unbranched alkanes of at least 4 members (excludes halogenated alkanes) is 5. The minimum absolute atomic E-state index is 1.01. The summed E-state index contributed by atoms with van der Waals surface area (Å²) in [6.07, 6.45) is 15.9. The van der Waals surface area contributed by atoms with Crippen LogP contribution in [0.4, 0.5) is 0 Å². The maximum atomic E-state index is 7.48. The van der Waals surface area contributed by atoms with E-state index in [1.165, 1.54) is 83.3 Å². The maximum absolute atomic E-state index is 7.48.